The van der Waals surface area contributed by atoms with Crippen LogP contribution in [-0.4, -0.2) is 16.1 Å². The molecule has 1 N–H and O–H groups in total. The van der Waals surface area contributed by atoms with Gasteiger partial charge in [-0.3, -0.25) is 0 Å². The fraction of sp³-hybridized carbons (Fsp3) is 0.471. The number of benzene rings is 1. The van der Waals surface area contributed by atoms with E-state index in [0.717, 1.165) is 19.4 Å². The summed E-state index contributed by atoms with van der Waals surface area (Å²) < 4.78 is 2.11. The number of imidazole rings is 1. The van der Waals surface area contributed by atoms with Gasteiger partial charge in [-0.2, -0.15) is 0 Å². The summed E-state index contributed by atoms with van der Waals surface area (Å²) in [5.74, 6) is 0. The first kappa shape index (κ1) is 14.8. The normalized spacial score (nSPS) is 12.6. The summed E-state index contributed by atoms with van der Waals surface area (Å²) in [6.45, 7) is 7.55. The average molecular weight is 271 g/mol. The van der Waals surface area contributed by atoms with Gasteiger partial charge in [-0.15, -0.1) is 0 Å². The van der Waals surface area contributed by atoms with E-state index in [1.54, 1.807) is 0 Å². The van der Waals surface area contributed by atoms with Gasteiger partial charge in [0.05, 0.1) is 18.1 Å². The highest BCUT2D eigenvalue weighted by Gasteiger charge is 2.15. The summed E-state index contributed by atoms with van der Waals surface area (Å²) in [5, 5.41) is 3.64. The maximum Gasteiger partial charge on any atom is 0.0946 e. The maximum atomic E-state index is 4.25. The lowest BCUT2D eigenvalue weighted by atomic mass is 9.99. The highest BCUT2D eigenvalue weighted by molar-refractivity contribution is 5.29. The van der Waals surface area contributed by atoms with Gasteiger partial charge in [-0.05, 0) is 38.8 Å². The van der Waals surface area contributed by atoms with Crippen LogP contribution >= 0.6 is 0 Å². The molecule has 0 bridgehead atoms. The Morgan fingerprint density at radius 1 is 1.20 bits per heavy atom. The number of aryl methyl sites for hydroxylation is 3. The van der Waals surface area contributed by atoms with E-state index in [2.05, 4.69) is 60.9 Å². The first-order chi connectivity index (χ1) is 9.60. The number of hydrogen-bond donors (Lipinski definition) is 1. The monoisotopic (exact) mass is 271 g/mol. The number of hydrogen-bond acceptors (Lipinski definition) is 2. The van der Waals surface area contributed by atoms with E-state index in [-0.39, 0.29) is 0 Å². The number of rotatable bonds is 6. The molecule has 3 nitrogen and oxygen atoms in total. The summed E-state index contributed by atoms with van der Waals surface area (Å²) in [4.78, 5) is 4.25. The third kappa shape index (κ3) is 3.70. The topological polar surface area (TPSA) is 29.9 Å². The van der Waals surface area contributed by atoms with Gasteiger partial charge >= 0.3 is 0 Å². The summed E-state index contributed by atoms with van der Waals surface area (Å²) in [7, 11) is 2.06. The molecule has 1 heterocycles. The van der Waals surface area contributed by atoms with Gasteiger partial charge < -0.3 is 9.88 Å². The molecule has 1 aromatic carbocycles. The van der Waals surface area contributed by atoms with E-state index in [4.69, 9.17) is 0 Å². The van der Waals surface area contributed by atoms with Gasteiger partial charge in [0.25, 0.3) is 0 Å². The van der Waals surface area contributed by atoms with E-state index in [9.17, 15) is 0 Å². The van der Waals surface area contributed by atoms with Crippen LogP contribution in [0.4, 0.5) is 0 Å². The minimum atomic E-state index is 0.323. The molecular formula is C17H25N3. The van der Waals surface area contributed by atoms with Crippen LogP contribution in [0.5, 0.6) is 0 Å². The summed E-state index contributed by atoms with van der Waals surface area (Å²) >= 11 is 0. The van der Waals surface area contributed by atoms with Gasteiger partial charge in [0, 0.05) is 13.2 Å². The molecule has 0 amide bonds. The van der Waals surface area contributed by atoms with Crippen LogP contribution in [0.3, 0.4) is 0 Å². The largest absolute Gasteiger partial charge is 0.336 e. The van der Waals surface area contributed by atoms with Gasteiger partial charge in [0.1, 0.15) is 0 Å². The number of aromatic nitrogens is 2. The Morgan fingerprint density at radius 2 is 1.90 bits per heavy atom. The van der Waals surface area contributed by atoms with Crippen LogP contribution in [0.2, 0.25) is 0 Å². The SMILES string of the molecule is CCCNC(Cc1cc(C)cc(C)c1)c1cncn1C. The van der Waals surface area contributed by atoms with Crippen LogP contribution in [0.15, 0.2) is 30.7 Å². The molecule has 1 unspecified atom stereocenters. The van der Waals surface area contributed by atoms with Crippen molar-refractivity contribution in [2.45, 2.75) is 39.7 Å². The van der Waals surface area contributed by atoms with Crippen molar-refractivity contribution >= 4 is 0 Å². The van der Waals surface area contributed by atoms with Crippen LogP contribution in [0, 0.1) is 13.8 Å². The Morgan fingerprint density at radius 3 is 2.45 bits per heavy atom. The van der Waals surface area contributed by atoms with E-state index in [1.807, 2.05) is 12.5 Å². The van der Waals surface area contributed by atoms with Crippen molar-refractivity contribution in [1.29, 1.82) is 0 Å². The zero-order valence-corrected chi connectivity index (χ0v) is 13.0. The molecule has 20 heavy (non-hydrogen) atoms. The fourth-order valence-corrected chi connectivity index (χ4v) is 2.73. The molecule has 2 rings (SSSR count). The zero-order valence-electron chi connectivity index (χ0n) is 13.0. The summed E-state index contributed by atoms with van der Waals surface area (Å²) in [6.07, 6.45) is 5.98. The van der Waals surface area contributed by atoms with Crippen molar-refractivity contribution in [3.8, 4) is 0 Å². The fourth-order valence-electron chi connectivity index (χ4n) is 2.73. The lowest BCUT2D eigenvalue weighted by Crippen LogP contribution is -2.25. The minimum Gasteiger partial charge on any atom is -0.336 e. The average Bonchev–Trinajstić information content (AvgIpc) is 2.79. The van der Waals surface area contributed by atoms with E-state index < -0.39 is 0 Å². The summed E-state index contributed by atoms with van der Waals surface area (Å²) in [5.41, 5.74) is 5.30. The Hall–Kier alpha value is -1.61. The molecule has 0 aliphatic heterocycles. The predicted octanol–water partition coefficient (Wildman–Crippen LogP) is 3.32. The third-order valence-electron chi connectivity index (χ3n) is 3.57. The van der Waals surface area contributed by atoms with Gasteiger partial charge in [0.2, 0.25) is 0 Å². The smallest absolute Gasteiger partial charge is 0.0946 e. The molecule has 1 aromatic heterocycles. The van der Waals surface area contributed by atoms with E-state index in [0.29, 0.717) is 6.04 Å². The number of nitrogens with zero attached hydrogens (tertiary/aromatic N) is 2. The number of nitrogens with one attached hydrogen (secondary N) is 1. The molecule has 0 aliphatic carbocycles. The van der Waals surface area contributed by atoms with Crippen molar-refractivity contribution in [1.82, 2.24) is 14.9 Å². The third-order valence-corrected chi connectivity index (χ3v) is 3.57. The highest BCUT2D eigenvalue weighted by atomic mass is 15.1. The Balaban J connectivity index is 2.21. The molecule has 0 radical (unpaired) electrons. The maximum absolute atomic E-state index is 4.25. The first-order valence-corrected chi connectivity index (χ1v) is 7.37. The standard InChI is InChI=1S/C17H25N3/c1-5-6-19-16(17-11-18-12-20(17)4)10-15-8-13(2)7-14(3)9-15/h7-9,11-12,16,19H,5-6,10H2,1-4H3. The predicted molar refractivity (Wildman–Crippen MR) is 83.9 cm³/mol. The Bertz CT molecular complexity index is 537. The minimum absolute atomic E-state index is 0.323. The van der Waals surface area contributed by atoms with Gasteiger partial charge in [0.15, 0.2) is 0 Å². The lowest BCUT2D eigenvalue weighted by Gasteiger charge is -2.19. The molecular weight excluding hydrogens is 246 g/mol. The second-order valence-electron chi connectivity index (χ2n) is 5.64. The van der Waals surface area contributed by atoms with E-state index >= 15 is 0 Å². The molecule has 0 fully saturated rings. The quantitative estimate of drug-likeness (QED) is 0.873. The van der Waals surface area contributed by atoms with Crippen molar-refractivity contribution in [3.63, 3.8) is 0 Å². The lowest BCUT2D eigenvalue weighted by molar-refractivity contribution is 0.504. The second-order valence-corrected chi connectivity index (χ2v) is 5.64. The summed E-state index contributed by atoms with van der Waals surface area (Å²) in [6, 6.07) is 7.11. The Kier molecular flexibility index (Phi) is 4.96. The van der Waals surface area contributed by atoms with Crippen molar-refractivity contribution < 1.29 is 0 Å². The van der Waals surface area contributed by atoms with Crippen LogP contribution in [-0.2, 0) is 13.5 Å². The molecule has 0 saturated carbocycles. The molecule has 1 atom stereocenters. The van der Waals surface area contributed by atoms with Crippen molar-refractivity contribution in [2.24, 2.45) is 7.05 Å². The second kappa shape index (κ2) is 6.71. The molecule has 0 saturated heterocycles. The zero-order chi connectivity index (χ0) is 14.5. The van der Waals surface area contributed by atoms with Crippen LogP contribution < -0.4 is 5.32 Å². The van der Waals surface area contributed by atoms with Crippen molar-refractivity contribution in [2.75, 3.05) is 6.54 Å². The molecule has 3 heteroatoms. The molecule has 108 valence electrons. The van der Waals surface area contributed by atoms with Crippen molar-refractivity contribution in [3.05, 3.63) is 53.1 Å². The van der Waals surface area contributed by atoms with Gasteiger partial charge in [-0.1, -0.05) is 36.2 Å². The first-order valence-electron chi connectivity index (χ1n) is 7.37. The molecule has 0 aliphatic rings. The van der Waals surface area contributed by atoms with Gasteiger partial charge in [-0.25, -0.2) is 4.98 Å². The van der Waals surface area contributed by atoms with Crippen LogP contribution in [0.1, 0.15) is 41.8 Å². The highest BCUT2D eigenvalue weighted by Crippen LogP contribution is 2.19. The Labute approximate surface area is 122 Å². The van der Waals surface area contributed by atoms with E-state index in [1.165, 1.54) is 22.4 Å². The van der Waals surface area contributed by atoms with Crippen LogP contribution in [0.25, 0.3) is 0 Å². The molecule has 2 aromatic rings. The molecule has 0 spiro atoms.